The van der Waals surface area contributed by atoms with Crippen LogP contribution in [0.4, 0.5) is 0 Å². The first-order chi connectivity index (χ1) is 9.72. The van der Waals surface area contributed by atoms with Crippen LogP contribution in [-0.2, 0) is 11.3 Å². The third kappa shape index (κ3) is 4.21. The Hall–Kier alpha value is -1.08. The number of nitriles is 1. The van der Waals surface area contributed by atoms with Gasteiger partial charge in [0.1, 0.15) is 0 Å². The molecule has 1 N–H and O–H groups in total. The molecule has 0 aromatic heterocycles. The first-order valence-electron chi connectivity index (χ1n) is 7.26. The molecule has 4 heteroatoms. The molecule has 0 atom stereocenters. The van der Waals surface area contributed by atoms with Crippen molar-refractivity contribution in [2.24, 2.45) is 0 Å². The normalized spacial score (nSPS) is 22.4. The molecule has 1 fully saturated rings. The summed E-state index contributed by atoms with van der Waals surface area (Å²) in [5.74, 6) is 0. The van der Waals surface area contributed by atoms with E-state index in [-0.39, 0.29) is 0 Å². The Balaban J connectivity index is 1.80. The molecule has 1 saturated carbocycles. The van der Waals surface area contributed by atoms with E-state index in [0.29, 0.717) is 29.3 Å². The van der Waals surface area contributed by atoms with E-state index in [9.17, 15) is 0 Å². The monoisotopic (exact) mass is 292 g/mol. The molecule has 0 radical (unpaired) electrons. The minimum absolute atomic E-state index is 0.330. The fraction of sp³-hybridized carbons (Fsp3) is 0.562. The summed E-state index contributed by atoms with van der Waals surface area (Å²) in [7, 11) is 0. The summed E-state index contributed by atoms with van der Waals surface area (Å²) in [6, 6.07) is 8.10. The predicted octanol–water partition coefficient (Wildman–Crippen LogP) is 3.65. The lowest BCUT2D eigenvalue weighted by molar-refractivity contribution is 0.0115. The zero-order chi connectivity index (χ0) is 14.4. The molecule has 20 heavy (non-hydrogen) atoms. The molecule has 0 aliphatic heterocycles. The second-order valence-electron chi connectivity index (χ2n) is 5.26. The molecule has 0 unspecified atom stereocenters. The summed E-state index contributed by atoms with van der Waals surface area (Å²) >= 11 is 6.15. The molecule has 0 heterocycles. The fourth-order valence-electron chi connectivity index (χ4n) is 2.66. The van der Waals surface area contributed by atoms with Crippen molar-refractivity contribution in [3.05, 3.63) is 34.3 Å². The Morgan fingerprint density at radius 2 is 2.10 bits per heavy atom. The fourth-order valence-corrected chi connectivity index (χ4v) is 2.90. The molecule has 1 aliphatic carbocycles. The summed E-state index contributed by atoms with van der Waals surface area (Å²) in [6.45, 7) is 3.72. The number of rotatable bonds is 5. The summed E-state index contributed by atoms with van der Waals surface area (Å²) < 4.78 is 5.95. The first-order valence-corrected chi connectivity index (χ1v) is 7.64. The number of hydrogen-bond acceptors (Lipinski definition) is 3. The van der Waals surface area contributed by atoms with E-state index < -0.39 is 0 Å². The Morgan fingerprint density at radius 1 is 1.35 bits per heavy atom. The van der Waals surface area contributed by atoms with Crippen LogP contribution in [-0.4, -0.2) is 18.7 Å². The van der Waals surface area contributed by atoms with Gasteiger partial charge in [0.05, 0.1) is 24.3 Å². The van der Waals surface area contributed by atoms with Crippen molar-refractivity contribution in [3.63, 3.8) is 0 Å². The second kappa shape index (κ2) is 7.64. The zero-order valence-corrected chi connectivity index (χ0v) is 12.6. The third-order valence-electron chi connectivity index (χ3n) is 3.82. The first kappa shape index (κ1) is 15.3. The van der Waals surface area contributed by atoms with Crippen LogP contribution in [0, 0.1) is 11.3 Å². The third-order valence-corrected chi connectivity index (χ3v) is 4.18. The SMILES string of the molecule is CCNC1CCC(OCc2ccc(C#N)cc2Cl)CC1. The number of benzene rings is 1. The van der Waals surface area contributed by atoms with Crippen molar-refractivity contribution in [1.82, 2.24) is 5.32 Å². The van der Waals surface area contributed by atoms with Gasteiger partial charge in [-0.1, -0.05) is 24.6 Å². The Kier molecular flexibility index (Phi) is 5.85. The topological polar surface area (TPSA) is 45.0 Å². The molecule has 3 nitrogen and oxygen atoms in total. The molecule has 1 aliphatic rings. The van der Waals surface area contributed by atoms with Crippen LogP contribution < -0.4 is 5.32 Å². The van der Waals surface area contributed by atoms with Crippen molar-refractivity contribution in [2.75, 3.05) is 6.54 Å². The summed E-state index contributed by atoms with van der Waals surface area (Å²) in [5.41, 5.74) is 1.55. The quantitative estimate of drug-likeness (QED) is 0.901. The van der Waals surface area contributed by atoms with Crippen LogP contribution >= 0.6 is 11.6 Å². The Labute approximate surface area is 125 Å². The van der Waals surface area contributed by atoms with Gasteiger partial charge in [-0.15, -0.1) is 0 Å². The highest BCUT2D eigenvalue weighted by Gasteiger charge is 2.21. The van der Waals surface area contributed by atoms with Crippen molar-refractivity contribution < 1.29 is 4.74 Å². The van der Waals surface area contributed by atoms with E-state index in [4.69, 9.17) is 21.6 Å². The van der Waals surface area contributed by atoms with E-state index in [0.717, 1.165) is 24.9 Å². The predicted molar refractivity (Wildman–Crippen MR) is 80.7 cm³/mol. The summed E-state index contributed by atoms with van der Waals surface area (Å²) in [4.78, 5) is 0. The Bertz CT molecular complexity index is 476. The molecule has 0 amide bonds. The van der Waals surface area contributed by atoms with Gasteiger partial charge in [-0.05, 0) is 49.9 Å². The van der Waals surface area contributed by atoms with Crippen molar-refractivity contribution in [1.29, 1.82) is 5.26 Å². The second-order valence-corrected chi connectivity index (χ2v) is 5.67. The average Bonchev–Trinajstić information content (AvgIpc) is 2.48. The van der Waals surface area contributed by atoms with E-state index in [2.05, 4.69) is 18.3 Å². The number of halogens is 1. The smallest absolute Gasteiger partial charge is 0.0992 e. The highest BCUT2D eigenvalue weighted by Crippen LogP contribution is 2.24. The molecule has 2 rings (SSSR count). The largest absolute Gasteiger partial charge is 0.373 e. The lowest BCUT2D eigenvalue weighted by atomic mass is 9.93. The maximum atomic E-state index is 8.81. The Morgan fingerprint density at radius 3 is 2.70 bits per heavy atom. The molecule has 108 valence electrons. The highest BCUT2D eigenvalue weighted by atomic mass is 35.5. The minimum Gasteiger partial charge on any atom is -0.373 e. The maximum Gasteiger partial charge on any atom is 0.0992 e. The van der Waals surface area contributed by atoms with Crippen LogP contribution in [0.25, 0.3) is 0 Å². The van der Waals surface area contributed by atoms with Gasteiger partial charge in [0.25, 0.3) is 0 Å². The van der Waals surface area contributed by atoms with Crippen molar-refractivity contribution >= 4 is 11.6 Å². The maximum absolute atomic E-state index is 8.81. The summed E-state index contributed by atoms with van der Waals surface area (Å²) in [6.07, 6.45) is 4.90. The van der Waals surface area contributed by atoms with Gasteiger partial charge in [-0.2, -0.15) is 5.26 Å². The molecule has 0 spiro atoms. The lowest BCUT2D eigenvalue weighted by Gasteiger charge is -2.29. The van der Waals surface area contributed by atoms with Crippen LogP contribution in [0.3, 0.4) is 0 Å². The van der Waals surface area contributed by atoms with Gasteiger partial charge in [0.15, 0.2) is 0 Å². The van der Waals surface area contributed by atoms with Gasteiger partial charge in [-0.25, -0.2) is 0 Å². The molecule has 0 bridgehead atoms. The minimum atomic E-state index is 0.330. The molecule has 1 aromatic rings. The molecule has 1 aromatic carbocycles. The summed E-state index contributed by atoms with van der Waals surface area (Å²) in [5, 5.41) is 12.9. The van der Waals surface area contributed by atoms with Crippen LogP contribution in [0.1, 0.15) is 43.7 Å². The van der Waals surface area contributed by atoms with Gasteiger partial charge in [-0.3, -0.25) is 0 Å². The van der Waals surface area contributed by atoms with E-state index >= 15 is 0 Å². The number of nitrogens with one attached hydrogen (secondary N) is 1. The van der Waals surface area contributed by atoms with E-state index in [1.165, 1.54) is 12.8 Å². The molecular weight excluding hydrogens is 272 g/mol. The highest BCUT2D eigenvalue weighted by molar-refractivity contribution is 6.31. The molecular formula is C16H21ClN2O. The van der Waals surface area contributed by atoms with Gasteiger partial charge >= 0.3 is 0 Å². The zero-order valence-electron chi connectivity index (χ0n) is 11.9. The standard InChI is InChI=1S/C16H21ClN2O/c1-2-19-14-5-7-15(8-6-14)20-11-13-4-3-12(10-18)9-16(13)17/h3-4,9,14-15,19H,2,5-8,11H2,1H3. The van der Waals surface area contributed by atoms with Gasteiger partial charge in [0.2, 0.25) is 0 Å². The van der Waals surface area contributed by atoms with Crippen molar-refractivity contribution in [3.8, 4) is 6.07 Å². The number of nitrogens with zero attached hydrogens (tertiary/aromatic N) is 1. The van der Waals surface area contributed by atoms with E-state index in [1.54, 1.807) is 12.1 Å². The van der Waals surface area contributed by atoms with Crippen LogP contribution in [0.2, 0.25) is 5.02 Å². The van der Waals surface area contributed by atoms with E-state index in [1.807, 2.05) is 6.07 Å². The average molecular weight is 293 g/mol. The molecule has 0 saturated heterocycles. The van der Waals surface area contributed by atoms with Crippen LogP contribution in [0.15, 0.2) is 18.2 Å². The number of hydrogen-bond donors (Lipinski definition) is 1. The number of ether oxygens (including phenoxy) is 1. The van der Waals surface area contributed by atoms with Crippen LogP contribution in [0.5, 0.6) is 0 Å². The lowest BCUT2D eigenvalue weighted by Crippen LogP contribution is -2.35. The van der Waals surface area contributed by atoms with Gasteiger partial charge < -0.3 is 10.1 Å². The van der Waals surface area contributed by atoms with Crippen molar-refractivity contribution in [2.45, 2.75) is 51.4 Å². The van der Waals surface area contributed by atoms with Gasteiger partial charge in [0, 0.05) is 11.1 Å².